The molecule has 3 aromatic carbocycles. The van der Waals surface area contributed by atoms with E-state index >= 15 is 0 Å². The van der Waals surface area contributed by atoms with E-state index in [0.29, 0.717) is 51.0 Å². The molecule has 1 unspecified atom stereocenters. The number of hydrogen-bond donors (Lipinski definition) is 2. The second kappa shape index (κ2) is 18.0. The molecule has 0 saturated carbocycles. The first kappa shape index (κ1) is 41.9. The summed E-state index contributed by atoms with van der Waals surface area (Å²) < 4.78 is 0. The van der Waals surface area contributed by atoms with Gasteiger partial charge in [0, 0.05) is 56.0 Å². The number of fused-ring (bicyclic) bond motifs is 1. The molecule has 0 spiro atoms. The van der Waals surface area contributed by atoms with E-state index in [1.54, 1.807) is 21.1 Å². The molecular formula is C47H56N6O5S. The highest BCUT2D eigenvalue weighted by Crippen LogP contribution is 2.35. The second-order valence-electron chi connectivity index (χ2n) is 17.0. The lowest BCUT2D eigenvalue weighted by Gasteiger charge is -2.35. The molecule has 4 aromatic rings. The van der Waals surface area contributed by atoms with Crippen LogP contribution < -0.4 is 11.1 Å². The third kappa shape index (κ3) is 9.18. The summed E-state index contributed by atoms with van der Waals surface area (Å²) in [5.41, 5.74) is 12.8. The van der Waals surface area contributed by atoms with E-state index in [0.717, 1.165) is 49.8 Å². The summed E-state index contributed by atoms with van der Waals surface area (Å²) in [7, 11) is 0. The van der Waals surface area contributed by atoms with Crippen molar-refractivity contribution in [2.45, 2.75) is 117 Å². The minimum Gasteiger partial charge on any atom is -0.350 e. The standard InChI is InChI=1S/C47H56N6O5S/c1-28(2)42(53-26-35-14-9-10-15-39(35)46(53)57)47(58)51-19-11-16-40(51)44(55)49-25-34-18-17-33(20-29(34)3)43-31(5)50-41(59-43)27-52-30(4)21-36(45(52)56)23-38(54)24-37(48)22-32-12-7-6-8-13-32/h6-10,12-15,17-18,20,28,30,36-37,40,42H,11,16,19,21-27,48H2,1-5H3,(H,49,55)/t30?,36-,37-,40+,42+/m1/s1. The molecule has 1 aromatic heterocycles. The molecule has 310 valence electrons. The fourth-order valence-corrected chi connectivity index (χ4v) is 10.2. The number of rotatable bonds is 15. The van der Waals surface area contributed by atoms with E-state index in [9.17, 15) is 24.0 Å². The van der Waals surface area contributed by atoms with Crippen molar-refractivity contribution in [2.75, 3.05) is 6.54 Å². The zero-order chi connectivity index (χ0) is 42.0. The molecular weight excluding hydrogens is 761 g/mol. The van der Waals surface area contributed by atoms with Gasteiger partial charge < -0.3 is 25.8 Å². The van der Waals surface area contributed by atoms with Crippen LogP contribution in [0.4, 0.5) is 0 Å². The maximum absolute atomic E-state index is 14.1. The van der Waals surface area contributed by atoms with Crippen LogP contribution in [0.1, 0.15) is 96.2 Å². The van der Waals surface area contributed by atoms with Gasteiger partial charge in [-0.25, -0.2) is 4.98 Å². The van der Waals surface area contributed by atoms with Gasteiger partial charge in [0.2, 0.25) is 17.7 Å². The predicted molar refractivity (Wildman–Crippen MR) is 229 cm³/mol. The van der Waals surface area contributed by atoms with E-state index < -0.39 is 12.1 Å². The third-order valence-corrected chi connectivity index (χ3v) is 13.4. The fourth-order valence-electron chi connectivity index (χ4n) is 9.16. The Morgan fingerprint density at radius 2 is 1.75 bits per heavy atom. The highest BCUT2D eigenvalue weighted by Gasteiger charge is 2.44. The van der Waals surface area contributed by atoms with Crippen LogP contribution >= 0.6 is 11.3 Å². The number of benzene rings is 3. The summed E-state index contributed by atoms with van der Waals surface area (Å²) in [4.78, 5) is 78.7. The number of carbonyl (C=O) groups excluding carboxylic acids is 5. The molecule has 59 heavy (non-hydrogen) atoms. The average Bonchev–Trinajstić information content (AvgIpc) is 3.97. The number of amides is 4. The Bertz CT molecular complexity index is 2220. The lowest BCUT2D eigenvalue weighted by molar-refractivity contribution is -0.143. The second-order valence-corrected chi connectivity index (χ2v) is 18.1. The fraction of sp³-hybridized carbons (Fsp3) is 0.447. The van der Waals surface area contributed by atoms with Gasteiger partial charge in [-0.1, -0.05) is 80.6 Å². The SMILES string of the molecule is Cc1cc(-c2sc(CN3C(=O)[C@@H](CC(=O)C[C@H](N)Cc4ccccc4)CC3C)nc2C)ccc1CNC(=O)[C@@H]1CCCN1C(=O)[C@H](C(C)C)N1Cc2ccccc2C1=O. The maximum Gasteiger partial charge on any atom is 0.255 e. The highest BCUT2D eigenvalue weighted by atomic mass is 32.1. The number of nitrogens with zero attached hydrogens (tertiary/aromatic N) is 4. The zero-order valence-electron chi connectivity index (χ0n) is 34.8. The summed E-state index contributed by atoms with van der Waals surface area (Å²) in [5.74, 6) is -0.936. The Morgan fingerprint density at radius 1 is 1.00 bits per heavy atom. The molecule has 5 atom stereocenters. The first-order valence-electron chi connectivity index (χ1n) is 20.9. The van der Waals surface area contributed by atoms with Crippen molar-refractivity contribution < 1.29 is 24.0 Å². The van der Waals surface area contributed by atoms with Gasteiger partial charge in [0.05, 0.1) is 17.1 Å². The molecule has 4 heterocycles. The molecule has 12 heteroatoms. The number of Topliss-reactive ketones (excluding diaryl/α,β-unsaturated/α-hetero) is 1. The normalized spacial score (nSPS) is 20.1. The monoisotopic (exact) mass is 816 g/mol. The number of aromatic nitrogens is 1. The predicted octanol–water partition coefficient (Wildman–Crippen LogP) is 6.37. The molecule has 2 fully saturated rings. The van der Waals surface area contributed by atoms with E-state index in [4.69, 9.17) is 10.7 Å². The van der Waals surface area contributed by atoms with Crippen molar-refractivity contribution in [3.8, 4) is 10.4 Å². The van der Waals surface area contributed by atoms with E-state index in [2.05, 4.69) is 11.4 Å². The summed E-state index contributed by atoms with van der Waals surface area (Å²) >= 11 is 1.57. The number of nitrogens with two attached hydrogens (primary N) is 1. The van der Waals surface area contributed by atoms with Crippen molar-refractivity contribution in [3.63, 3.8) is 0 Å². The van der Waals surface area contributed by atoms with Gasteiger partial charge >= 0.3 is 0 Å². The van der Waals surface area contributed by atoms with Gasteiger partial charge in [-0.2, -0.15) is 0 Å². The molecule has 2 saturated heterocycles. The average molecular weight is 817 g/mol. The first-order valence-corrected chi connectivity index (χ1v) is 21.8. The van der Waals surface area contributed by atoms with Crippen molar-refractivity contribution >= 4 is 40.7 Å². The molecule has 11 nitrogen and oxygen atoms in total. The van der Waals surface area contributed by atoms with Crippen LogP contribution in [-0.2, 0) is 45.2 Å². The van der Waals surface area contributed by atoms with Crippen molar-refractivity contribution in [2.24, 2.45) is 17.6 Å². The molecule has 3 N–H and O–H groups in total. The van der Waals surface area contributed by atoms with Crippen molar-refractivity contribution in [1.82, 2.24) is 25.0 Å². The van der Waals surface area contributed by atoms with Gasteiger partial charge in [-0.15, -0.1) is 11.3 Å². The summed E-state index contributed by atoms with van der Waals surface area (Å²) in [6.45, 7) is 11.5. The Morgan fingerprint density at radius 3 is 2.47 bits per heavy atom. The van der Waals surface area contributed by atoms with E-state index in [1.165, 1.54) is 0 Å². The molecule has 0 bridgehead atoms. The van der Waals surface area contributed by atoms with Crippen LogP contribution in [0.25, 0.3) is 10.4 Å². The van der Waals surface area contributed by atoms with Crippen LogP contribution in [0.2, 0.25) is 0 Å². The number of thiazole rings is 1. The summed E-state index contributed by atoms with van der Waals surface area (Å²) in [5, 5.41) is 3.94. The van der Waals surface area contributed by atoms with E-state index in [-0.39, 0.29) is 66.2 Å². The molecule has 3 aliphatic heterocycles. The minimum absolute atomic E-state index is 0.000823. The molecule has 7 rings (SSSR count). The Balaban J connectivity index is 0.933. The Hall–Kier alpha value is -5.20. The minimum atomic E-state index is -0.652. The van der Waals surface area contributed by atoms with Crippen molar-refractivity contribution in [1.29, 1.82) is 0 Å². The quantitative estimate of drug-likeness (QED) is 0.142. The van der Waals surface area contributed by atoms with Crippen LogP contribution in [0.3, 0.4) is 0 Å². The van der Waals surface area contributed by atoms with Crippen LogP contribution in [-0.4, -0.2) is 79.8 Å². The van der Waals surface area contributed by atoms with Crippen LogP contribution in [0.15, 0.2) is 72.8 Å². The lowest BCUT2D eigenvalue weighted by Crippen LogP contribution is -2.55. The summed E-state index contributed by atoms with van der Waals surface area (Å²) in [6, 6.07) is 22.0. The highest BCUT2D eigenvalue weighted by molar-refractivity contribution is 7.15. The van der Waals surface area contributed by atoms with Crippen LogP contribution in [0.5, 0.6) is 0 Å². The zero-order valence-corrected chi connectivity index (χ0v) is 35.6. The number of nitrogens with one attached hydrogen (secondary N) is 1. The molecule has 3 aliphatic rings. The molecule has 0 aliphatic carbocycles. The number of carbonyl (C=O) groups is 5. The van der Waals surface area contributed by atoms with Crippen LogP contribution in [0, 0.1) is 25.7 Å². The van der Waals surface area contributed by atoms with Gasteiger partial charge in [0.1, 0.15) is 22.9 Å². The van der Waals surface area contributed by atoms with Gasteiger partial charge in [0.15, 0.2) is 0 Å². The van der Waals surface area contributed by atoms with Gasteiger partial charge in [0.25, 0.3) is 5.91 Å². The number of likely N-dealkylation sites (tertiary alicyclic amines) is 2. The molecule has 0 radical (unpaired) electrons. The summed E-state index contributed by atoms with van der Waals surface area (Å²) in [6.07, 6.45) is 3.03. The smallest absolute Gasteiger partial charge is 0.255 e. The number of aryl methyl sites for hydroxylation is 2. The Labute approximate surface area is 351 Å². The lowest BCUT2D eigenvalue weighted by atomic mass is 9.94. The topological polar surface area (TPSA) is 146 Å². The maximum atomic E-state index is 14.1. The first-order chi connectivity index (χ1) is 28.3. The number of hydrogen-bond acceptors (Lipinski definition) is 8. The van der Waals surface area contributed by atoms with E-state index in [1.807, 2.05) is 106 Å². The van der Waals surface area contributed by atoms with Crippen molar-refractivity contribution in [3.05, 3.63) is 111 Å². The van der Waals surface area contributed by atoms with Gasteiger partial charge in [-0.3, -0.25) is 24.0 Å². The number of ketones is 1. The van der Waals surface area contributed by atoms with Gasteiger partial charge in [-0.05, 0) is 86.3 Å². The Kier molecular flexibility index (Phi) is 12.8. The molecule has 4 amide bonds. The largest absolute Gasteiger partial charge is 0.350 e. The third-order valence-electron chi connectivity index (χ3n) is 12.2.